The quantitative estimate of drug-likeness (QED) is 0.765. The first kappa shape index (κ1) is 14.1. The van der Waals surface area contributed by atoms with Crippen LogP contribution in [-0.4, -0.2) is 25.0 Å². The van der Waals surface area contributed by atoms with E-state index in [2.05, 4.69) is 66.5 Å². The highest BCUT2D eigenvalue weighted by Crippen LogP contribution is 2.30. The summed E-state index contributed by atoms with van der Waals surface area (Å²) in [7, 11) is 2.22. The van der Waals surface area contributed by atoms with E-state index in [0.717, 1.165) is 19.5 Å². The SMILES string of the molecule is CN1CCc2ccccc2C(c2ccccc2)C1.Cl. The molecule has 2 aromatic rings. The molecule has 3 rings (SSSR count). The molecule has 1 unspecified atom stereocenters. The van der Waals surface area contributed by atoms with Crippen molar-refractivity contribution in [3.63, 3.8) is 0 Å². The maximum Gasteiger partial charge on any atom is 0.0219 e. The lowest BCUT2D eigenvalue weighted by Gasteiger charge is -2.21. The molecular formula is C17H20ClN. The Labute approximate surface area is 121 Å². The number of benzene rings is 2. The first-order valence-corrected chi connectivity index (χ1v) is 6.66. The number of hydrogen-bond acceptors (Lipinski definition) is 1. The molecule has 0 N–H and O–H groups in total. The smallest absolute Gasteiger partial charge is 0.0219 e. The lowest BCUT2D eigenvalue weighted by Crippen LogP contribution is -2.24. The molecule has 1 heterocycles. The zero-order valence-corrected chi connectivity index (χ0v) is 12.1. The molecule has 19 heavy (non-hydrogen) atoms. The summed E-state index contributed by atoms with van der Waals surface area (Å²) in [4.78, 5) is 2.44. The zero-order chi connectivity index (χ0) is 12.4. The van der Waals surface area contributed by atoms with Crippen molar-refractivity contribution in [2.75, 3.05) is 20.1 Å². The molecule has 2 aromatic carbocycles. The van der Waals surface area contributed by atoms with E-state index in [1.807, 2.05) is 0 Å². The minimum atomic E-state index is 0. The lowest BCUT2D eigenvalue weighted by atomic mass is 9.88. The van der Waals surface area contributed by atoms with Crippen molar-refractivity contribution in [3.05, 3.63) is 71.3 Å². The monoisotopic (exact) mass is 273 g/mol. The van der Waals surface area contributed by atoms with Gasteiger partial charge >= 0.3 is 0 Å². The van der Waals surface area contributed by atoms with Crippen molar-refractivity contribution in [1.82, 2.24) is 4.90 Å². The fourth-order valence-corrected chi connectivity index (χ4v) is 2.88. The van der Waals surface area contributed by atoms with Gasteiger partial charge in [-0.25, -0.2) is 0 Å². The van der Waals surface area contributed by atoms with Crippen molar-refractivity contribution in [2.45, 2.75) is 12.3 Å². The number of hydrogen-bond donors (Lipinski definition) is 0. The van der Waals surface area contributed by atoms with E-state index in [4.69, 9.17) is 0 Å². The second-order valence-electron chi connectivity index (χ2n) is 5.17. The third-order valence-electron chi connectivity index (χ3n) is 3.89. The predicted molar refractivity (Wildman–Crippen MR) is 83.2 cm³/mol. The van der Waals surface area contributed by atoms with Crippen LogP contribution in [0.2, 0.25) is 0 Å². The molecule has 100 valence electrons. The molecule has 1 aliphatic rings. The van der Waals surface area contributed by atoms with Gasteiger partial charge in [-0.1, -0.05) is 54.6 Å². The molecule has 0 bridgehead atoms. The molecule has 0 saturated heterocycles. The van der Waals surface area contributed by atoms with Gasteiger partial charge in [-0.2, -0.15) is 0 Å². The summed E-state index contributed by atoms with van der Waals surface area (Å²) in [6.07, 6.45) is 1.16. The maximum atomic E-state index is 2.44. The lowest BCUT2D eigenvalue weighted by molar-refractivity contribution is 0.338. The Morgan fingerprint density at radius 2 is 1.63 bits per heavy atom. The highest BCUT2D eigenvalue weighted by atomic mass is 35.5. The van der Waals surface area contributed by atoms with Gasteiger partial charge in [-0.05, 0) is 30.2 Å². The number of fused-ring (bicyclic) bond motifs is 1. The van der Waals surface area contributed by atoms with Crippen LogP contribution in [0.5, 0.6) is 0 Å². The molecule has 0 spiro atoms. The van der Waals surface area contributed by atoms with Crippen molar-refractivity contribution >= 4 is 12.4 Å². The molecule has 0 saturated carbocycles. The Bertz CT molecular complexity index is 524. The number of halogens is 1. The minimum absolute atomic E-state index is 0. The third-order valence-corrected chi connectivity index (χ3v) is 3.89. The van der Waals surface area contributed by atoms with Crippen LogP contribution in [-0.2, 0) is 6.42 Å². The number of nitrogens with zero attached hydrogens (tertiary/aromatic N) is 1. The van der Waals surface area contributed by atoms with Gasteiger partial charge in [0.25, 0.3) is 0 Å². The Hall–Kier alpha value is -1.31. The summed E-state index contributed by atoms with van der Waals surface area (Å²) >= 11 is 0. The number of likely N-dealkylation sites (N-methyl/N-ethyl adjacent to an activating group) is 1. The van der Waals surface area contributed by atoms with Crippen LogP contribution >= 0.6 is 12.4 Å². The average molecular weight is 274 g/mol. The van der Waals surface area contributed by atoms with Crippen molar-refractivity contribution < 1.29 is 0 Å². The summed E-state index contributed by atoms with van der Waals surface area (Å²) in [5.74, 6) is 0.509. The first-order chi connectivity index (χ1) is 8.84. The van der Waals surface area contributed by atoms with Gasteiger partial charge in [0.1, 0.15) is 0 Å². The third kappa shape index (κ3) is 2.99. The Morgan fingerprint density at radius 1 is 0.947 bits per heavy atom. The van der Waals surface area contributed by atoms with Crippen LogP contribution in [0.4, 0.5) is 0 Å². The highest BCUT2D eigenvalue weighted by Gasteiger charge is 2.21. The van der Waals surface area contributed by atoms with E-state index in [1.54, 1.807) is 0 Å². The summed E-state index contributed by atoms with van der Waals surface area (Å²) in [5, 5.41) is 0. The minimum Gasteiger partial charge on any atom is -0.305 e. The fourth-order valence-electron chi connectivity index (χ4n) is 2.88. The second kappa shape index (κ2) is 6.23. The van der Waals surface area contributed by atoms with E-state index in [-0.39, 0.29) is 12.4 Å². The maximum absolute atomic E-state index is 2.44. The van der Waals surface area contributed by atoms with E-state index < -0.39 is 0 Å². The molecule has 1 aliphatic heterocycles. The van der Waals surface area contributed by atoms with Gasteiger partial charge < -0.3 is 4.90 Å². The Balaban J connectivity index is 0.00000133. The summed E-state index contributed by atoms with van der Waals surface area (Å²) in [6.45, 7) is 2.27. The van der Waals surface area contributed by atoms with Crippen molar-refractivity contribution in [1.29, 1.82) is 0 Å². The number of rotatable bonds is 1. The Morgan fingerprint density at radius 3 is 2.42 bits per heavy atom. The van der Waals surface area contributed by atoms with Gasteiger partial charge in [0.2, 0.25) is 0 Å². The summed E-state index contributed by atoms with van der Waals surface area (Å²) < 4.78 is 0. The normalized spacial score (nSPS) is 19.1. The zero-order valence-electron chi connectivity index (χ0n) is 11.3. The largest absolute Gasteiger partial charge is 0.305 e. The average Bonchev–Trinajstić information content (AvgIpc) is 2.60. The van der Waals surface area contributed by atoms with E-state index in [0.29, 0.717) is 5.92 Å². The molecule has 0 aromatic heterocycles. The molecule has 0 aliphatic carbocycles. The van der Waals surface area contributed by atoms with Gasteiger partial charge in [-0.3, -0.25) is 0 Å². The molecule has 1 nitrogen and oxygen atoms in total. The van der Waals surface area contributed by atoms with Crippen LogP contribution in [0.1, 0.15) is 22.6 Å². The van der Waals surface area contributed by atoms with Crippen LogP contribution in [0.3, 0.4) is 0 Å². The van der Waals surface area contributed by atoms with Crippen LogP contribution in [0.15, 0.2) is 54.6 Å². The molecule has 2 heteroatoms. The molecular weight excluding hydrogens is 254 g/mol. The molecule has 0 amide bonds. The predicted octanol–water partition coefficient (Wildman–Crippen LogP) is 3.73. The molecule has 0 fully saturated rings. The van der Waals surface area contributed by atoms with E-state index in [9.17, 15) is 0 Å². The van der Waals surface area contributed by atoms with Crippen LogP contribution in [0.25, 0.3) is 0 Å². The first-order valence-electron chi connectivity index (χ1n) is 6.66. The second-order valence-corrected chi connectivity index (χ2v) is 5.17. The molecule has 0 radical (unpaired) electrons. The fraction of sp³-hybridized carbons (Fsp3) is 0.294. The summed E-state index contributed by atoms with van der Waals surface area (Å²) in [6, 6.07) is 19.8. The Kier molecular flexibility index (Phi) is 4.62. The van der Waals surface area contributed by atoms with Gasteiger partial charge in [0.15, 0.2) is 0 Å². The highest BCUT2D eigenvalue weighted by molar-refractivity contribution is 5.85. The van der Waals surface area contributed by atoms with Crippen LogP contribution < -0.4 is 0 Å². The topological polar surface area (TPSA) is 3.24 Å². The van der Waals surface area contributed by atoms with E-state index >= 15 is 0 Å². The van der Waals surface area contributed by atoms with Gasteiger partial charge in [-0.15, -0.1) is 12.4 Å². The van der Waals surface area contributed by atoms with Crippen molar-refractivity contribution in [3.8, 4) is 0 Å². The summed E-state index contributed by atoms with van der Waals surface area (Å²) in [5.41, 5.74) is 4.45. The standard InChI is InChI=1S/C17H19N.ClH/c1-18-12-11-15-9-5-6-10-16(15)17(13-18)14-7-3-2-4-8-14;/h2-10,17H,11-13H2,1H3;1H. The van der Waals surface area contributed by atoms with Crippen LogP contribution in [0, 0.1) is 0 Å². The van der Waals surface area contributed by atoms with E-state index in [1.165, 1.54) is 16.7 Å². The van der Waals surface area contributed by atoms with Gasteiger partial charge in [0.05, 0.1) is 0 Å². The van der Waals surface area contributed by atoms with Gasteiger partial charge in [0, 0.05) is 19.0 Å². The molecule has 1 atom stereocenters. The van der Waals surface area contributed by atoms with Crippen molar-refractivity contribution in [2.24, 2.45) is 0 Å².